The minimum absolute atomic E-state index is 0.143. The number of fused-ring (bicyclic) bond motifs is 1. The van der Waals surface area contributed by atoms with E-state index in [-0.39, 0.29) is 11.2 Å². The van der Waals surface area contributed by atoms with E-state index in [0.717, 1.165) is 17.5 Å². The molecule has 1 saturated carbocycles. The van der Waals surface area contributed by atoms with Crippen LogP contribution in [0, 0.1) is 17.2 Å². The lowest BCUT2D eigenvalue weighted by Gasteiger charge is -2.55. The van der Waals surface area contributed by atoms with E-state index in [9.17, 15) is 4.39 Å². The molecule has 3 unspecified atom stereocenters. The van der Waals surface area contributed by atoms with E-state index in [2.05, 4.69) is 35.1 Å². The van der Waals surface area contributed by atoms with Gasteiger partial charge in [-0.05, 0) is 24.6 Å². The summed E-state index contributed by atoms with van der Waals surface area (Å²) in [5, 5.41) is 3.52. The maximum absolute atomic E-state index is 13.7. The summed E-state index contributed by atoms with van der Waals surface area (Å²) >= 11 is 3.39. The first kappa shape index (κ1) is 13.5. The van der Waals surface area contributed by atoms with E-state index in [0.29, 0.717) is 30.2 Å². The summed E-state index contributed by atoms with van der Waals surface area (Å²) in [4.78, 5) is 0. The van der Waals surface area contributed by atoms with Gasteiger partial charge >= 0.3 is 0 Å². The fourth-order valence-electron chi connectivity index (χ4n) is 3.64. The average Bonchev–Trinajstić information content (AvgIpc) is 2.80. The molecule has 0 radical (unpaired) electrons. The zero-order chi connectivity index (χ0) is 13.6. The molecule has 1 aromatic carbocycles. The highest BCUT2D eigenvalue weighted by Crippen LogP contribution is 2.52. The van der Waals surface area contributed by atoms with Crippen LogP contribution >= 0.6 is 15.9 Å². The highest BCUT2D eigenvalue weighted by Gasteiger charge is 2.58. The number of rotatable bonds is 3. The highest BCUT2D eigenvalue weighted by atomic mass is 79.9. The van der Waals surface area contributed by atoms with Crippen LogP contribution in [0.1, 0.15) is 25.8 Å². The summed E-state index contributed by atoms with van der Waals surface area (Å²) in [6, 6.07) is 5.50. The summed E-state index contributed by atoms with van der Waals surface area (Å²) in [6.07, 6.45) is 1.49. The van der Waals surface area contributed by atoms with Crippen molar-refractivity contribution in [3.05, 3.63) is 34.1 Å². The molecule has 3 rings (SSSR count). The molecule has 1 aromatic rings. The molecular formula is C15H19BrFNO. The largest absolute Gasteiger partial charge is 0.377 e. The van der Waals surface area contributed by atoms with Crippen LogP contribution in [0.25, 0.3) is 0 Å². The SMILES string of the molecule is CC1(C)C(NCc2cc(Br)ccc2F)C2CCOC21. The quantitative estimate of drug-likeness (QED) is 0.917. The molecule has 1 aliphatic carbocycles. The summed E-state index contributed by atoms with van der Waals surface area (Å²) < 4.78 is 20.4. The van der Waals surface area contributed by atoms with Crippen molar-refractivity contribution in [2.24, 2.45) is 11.3 Å². The second kappa shape index (κ2) is 4.83. The lowest BCUT2D eigenvalue weighted by atomic mass is 9.57. The Morgan fingerprint density at radius 2 is 2.26 bits per heavy atom. The van der Waals surface area contributed by atoms with Gasteiger partial charge in [0.1, 0.15) is 5.82 Å². The summed E-state index contributed by atoms with van der Waals surface area (Å²) in [6.45, 7) is 5.90. The maximum Gasteiger partial charge on any atom is 0.127 e. The predicted octanol–water partition coefficient (Wildman–Crippen LogP) is 3.49. The number of hydrogen-bond donors (Lipinski definition) is 1. The Morgan fingerprint density at radius 1 is 1.47 bits per heavy atom. The van der Waals surface area contributed by atoms with E-state index >= 15 is 0 Å². The van der Waals surface area contributed by atoms with Gasteiger partial charge in [0, 0.05) is 40.6 Å². The molecule has 0 bridgehead atoms. The second-order valence-corrected chi connectivity index (χ2v) is 7.08. The zero-order valence-electron chi connectivity index (χ0n) is 11.2. The van der Waals surface area contributed by atoms with E-state index < -0.39 is 0 Å². The van der Waals surface area contributed by atoms with Gasteiger partial charge in [-0.3, -0.25) is 0 Å². The van der Waals surface area contributed by atoms with Crippen LogP contribution in [-0.2, 0) is 11.3 Å². The molecule has 2 aliphatic rings. The third-order valence-electron chi connectivity index (χ3n) is 4.62. The number of benzene rings is 1. The van der Waals surface area contributed by atoms with E-state index in [1.165, 1.54) is 6.07 Å². The van der Waals surface area contributed by atoms with Crippen LogP contribution in [0.2, 0.25) is 0 Å². The molecule has 1 heterocycles. The average molecular weight is 328 g/mol. The van der Waals surface area contributed by atoms with Crippen molar-refractivity contribution >= 4 is 15.9 Å². The molecule has 1 N–H and O–H groups in total. The van der Waals surface area contributed by atoms with Gasteiger partial charge in [-0.2, -0.15) is 0 Å². The van der Waals surface area contributed by atoms with Crippen LogP contribution in [0.4, 0.5) is 4.39 Å². The standard InChI is InChI=1S/C15H19BrFNO/c1-15(2)13(11-5-6-19-14(11)15)18-8-9-7-10(16)3-4-12(9)17/h3-4,7,11,13-14,18H,5-6,8H2,1-2H3. The fraction of sp³-hybridized carbons (Fsp3) is 0.600. The zero-order valence-corrected chi connectivity index (χ0v) is 12.8. The van der Waals surface area contributed by atoms with Gasteiger partial charge in [0.15, 0.2) is 0 Å². The van der Waals surface area contributed by atoms with Crippen LogP contribution in [0.3, 0.4) is 0 Å². The van der Waals surface area contributed by atoms with Gasteiger partial charge in [0.05, 0.1) is 6.10 Å². The first-order chi connectivity index (χ1) is 9.00. The minimum atomic E-state index is -0.146. The Bertz CT molecular complexity index is 491. The molecule has 19 heavy (non-hydrogen) atoms. The molecule has 2 nitrogen and oxygen atoms in total. The Morgan fingerprint density at radius 3 is 3.05 bits per heavy atom. The maximum atomic E-state index is 13.7. The number of ether oxygens (including phenoxy) is 1. The summed E-state index contributed by atoms with van der Waals surface area (Å²) in [5.41, 5.74) is 0.858. The monoisotopic (exact) mass is 327 g/mol. The van der Waals surface area contributed by atoms with Crippen LogP contribution in [-0.4, -0.2) is 18.8 Å². The second-order valence-electron chi connectivity index (χ2n) is 6.16. The van der Waals surface area contributed by atoms with Gasteiger partial charge in [-0.25, -0.2) is 4.39 Å². The van der Waals surface area contributed by atoms with Crippen LogP contribution in [0.15, 0.2) is 22.7 Å². The van der Waals surface area contributed by atoms with Crippen molar-refractivity contribution in [2.75, 3.05) is 6.61 Å². The van der Waals surface area contributed by atoms with Crippen molar-refractivity contribution in [3.63, 3.8) is 0 Å². The van der Waals surface area contributed by atoms with Crippen LogP contribution in [0.5, 0.6) is 0 Å². The van der Waals surface area contributed by atoms with Crippen molar-refractivity contribution in [1.82, 2.24) is 5.32 Å². The smallest absolute Gasteiger partial charge is 0.127 e. The van der Waals surface area contributed by atoms with Crippen molar-refractivity contribution in [2.45, 2.75) is 39.0 Å². The van der Waals surface area contributed by atoms with Crippen molar-refractivity contribution in [3.8, 4) is 0 Å². The summed E-state index contributed by atoms with van der Waals surface area (Å²) in [7, 11) is 0. The Balaban J connectivity index is 1.68. The summed E-state index contributed by atoms with van der Waals surface area (Å²) in [5.74, 6) is 0.442. The number of halogens is 2. The third kappa shape index (κ3) is 2.24. The van der Waals surface area contributed by atoms with Gasteiger partial charge in [0.25, 0.3) is 0 Å². The van der Waals surface area contributed by atoms with E-state index in [1.54, 1.807) is 6.07 Å². The Labute approximate surface area is 121 Å². The first-order valence-corrected chi connectivity index (χ1v) is 7.58. The van der Waals surface area contributed by atoms with Crippen LogP contribution < -0.4 is 5.32 Å². The molecule has 104 valence electrons. The van der Waals surface area contributed by atoms with Gasteiger partial charge in [0.2, 0.25) is 0 Å². The number of nitrogens with one attached hydrogen (secondary N) is 1. The molecule has 4 heteroatoms. The predicted molar refractivity (Wildman–Crippen MR) is 76.4 cm³/mol. The molecular weight excluding hydrogens is 309 g/mol. The molecule has 3 atom stereocenters. The lowest BCUT2D eigenvalue weighted by molar-refractivity contribution is -0.113. The van der Waals surface area contributed by atoms with Crippen molar-refractivity contribution in [1.29, 1.82) is 0 Å². The molecule has 0 amide bonds. The minimum Gasteiger partial charge on any atom is -0.377 e. The van der Waals surface area contributed by atoms with Gasteiger partial charge in [-0.1, -0.05) is 29.8 Å². The number of hydrogen-bond acceptors (Lipinski definition) is 2. The molecule has 2 fully saturated rings. The molecule has 0 spiro atoms. The van der Waals surface area contributed by atoms with Crippen molar-refractivity contribution < 1.29 is 9.13 Å². The Kier molecular flexibility index (Phi) is 3.44. The topological polar surface area (TPSA) is 21.3 Å². The van der Waals surface area contributed by atoms with E-state index in [4.69, 9.17) is 4.74 Å². The normalized spacial score (nSPS) is 31.9. The highest BCUT2D eigenvalue weighted by molar-refractivity contribution is 9.10. The Hall–Kier alpha value is -0.450. The molecule has 0 aromatic heterocycles. The first-order valence-electron chi connectivity index (χ1n) is 6.79. The fourth-order valence-corrected chi connectivity index (χ4v) is 4.05. The third-order valence-corrected chi connectivity index (χ3v) is 5.11. The molecule has 1 aliphatic heterocycles. The lowest BCUT2D eigenvalue weighted by Crippen LogP contribution is -2.65. The van der Waals surface area contributed by atoms with E-state index in [1.807, 2.05) is 6.07 Å². The van der Waals surface area contributed by atoms with Gasteiger partial charge in [-0.15, -0.1) is 0 Å². The molecule has 1 saturated heterocycles. The van der Waals surface area contributed by atoms with Gasteiger partial charge < -0.3 is 10.1 Å².